The number of anilines is 1. The van der Waals surface area contributed by atoms with Crippen molar-refractivity contribution in [1.29, 1.82) is 0 Å². The number of hydrogen-bond donors (Lipinski definition) is 0. The molecule has 0 aliphatic carbocycles. The number of amides is 2. The van der Waals surface area contributed by atoms with Gasteiger partial charge in [0.2, 0.25) is 15.9 Å². The maximum Gasteiger partial charge on any atom is 0.253 e. The number of piperazine rings is 1. The standard InChI is InChI=1S/C26H34N4O4S/c1-21(31)28-16-18-30(19-17-28)35(33,34)24-12-10-22(11-13-24)26(32)27(2)20-23-8-4-5-9-25(23)29-14-6-3-7-15-29/h4-5,8-13H,3,6-7,14-20H2,1-2H3. The van der Waals surface area contributed by atoms with E-state index >= 15 is 0 Å². The summed E-state index contributed by atoms with van der Waals surface area (Å²) in [6.45, 7) is 5.34. The predicted octanol–water partition coefficient (Wildman–Crippen LogP) is 2.80. The van der Waals surface area contributed by atoms with Gasteiger partial charge in [0.05, 0.1) is 4.90 Å². The van der Waals surface area contributed by atoms with Crippen molar-refractivity contribution in [2.75, 3.05) is 51.2 Å². The summed E-state index contributed by atoms with van der Waals surface area (Å²) in [6, 6.07) is 14.4. The molecule has 2 aromatic rings. The van der Waals surface area contributed by atoms with Gasteiger partial charge >= 0.3 is 0 Å². The van der Waals surface area contributed by atoms with Crippen molar-refractivity contribution >= 4 is 27.5 Å². The predicted molar refractivity (Wildman–Crippen MR) is 136 cm³/mol. The Morgan fingerprint density at radius 3 is 2.11 bits per heavy atom. The van der Waals surface area contributed by atoms with E-state index in [1.54, 1.807) is 29.0 Å². The number of carbonyl (C=O) groups is 2. The molecule has 35 heavy (non-hydrogen) atoms. The Bertz CT molecular complexity index is 1150. The van der Waals surface area contributed by atoms with Crippen molar-refractivity contribution in [3.8, 4) is 0 Å². The van der Waals surface area contributed by atoms with Crippen molar-refractivity contribution in [3.05, 3.63) is 59.7 Å². The quantitative estimate of drug-likeness (QED) is 0.612. The fourth-order valence-corrected chi connectivity index (χ4v) is 6.22. The number of rotatable bonds is 6. The number of benzene rings is 2. The average molecular weight is 499 g/mol. The largest absolute Gasteiger partial charge is 0.371 e. The molecule has 2 fully saturated rings. The van der Waals surface area contributed by atoms with Crippen LogP contribution in [0.1, 0.15) is 42.1 Å². The van der Waals surface area contributed by atoms with Gasteiger partial charge in [-0.2, -0.15) is 4.31 Å². The SMILES string of the molecule is CC(=O)N1CCN(S(=O)(=O)c2ccc(C(=O)N(C)Cc3ccccc3N3CCCCC3)cc2)CC1. The van der Waals surface area contributed by atoms with E-state index in [1.807, 2.05) is 12.1 Å². The monoisotopic (exact) mass is 498 g/mol. The van der Waals surface area contributed by atoms with Crippen LogP contribution >= 0.6 is 0 Å². The summed E-state index contributed by atoms with van der Waals surface area (Å²) < 4.78 is 27.5. The molecule has 188 valence electrons. The summed E-state index contributed by atoms with van der Waals surface area (Å²) >= 11 is 0. The van der Waals surface area contributed by atoms with Gasteiger partial charge in [0.25, 0.3) is 5.91 Å². The van der Waals surface area contributed by atoms with Crippen LogP contribution in [0.5, 0.6) is 0 Å². The Morgan fingerprint density at radius 2 is 1.49 bits per heavy atom. The Balaban J connectivity index is 1.42. The molecule has 2 saturated heterocycles. The maximum atomic E-state index is 13.1. The first-order valence-corrected chi connectivity index (χ1v) is 13.7. The van der Waals surface area contributed by atoms with Gasteiger partial charge in [-0.15, -0.1) is 0 Å². The van der Waals surface area contributed by atoms with Crippen LogP contribution in [0.2, 0.25) is 0 Å². The molecule has 0 N–H and O–H groups in total. The highest BCUT2D eigenvalue weighted by molar-refractivity contribution is 7.89. The number of sulfonamides is 1. The first-order valence-electron chi connectivity index (χ1n) is 12.2. The number of nitrogens with zero attached hydrogens (tertiary/aromatic N) is 4. The van der Waals surface area contributed by atoms with Gasteiger partial charge in [-0.1, -0.05) is 18.2 Å². The Labute approximate surface area is 208 Å². The Kier molecular flexibility index (Phi) is 7.76. The summed E-state index contributed by atoms with van der Waals surface area (Å²) in [6.07, 6.45) is 3.63. The molecule has 2 heterocycles. The van der Waals surface area contributed by atoms with Crippen LogP contribution in [0.25, 0.3) is 0 Å². The van der Waals surface area contributed by atoms with Crippen LogP contribution in [0.3, 0.4) is 0 Å². The highest BCUT2D eigenvalue weighted by Crippen LogP contribution is 2.26. The van der Waals surface area contributed by atoms with Crippen LogP contribution in [0, 0.1) is 0 Å². The summed E-state index contributed by atoms with van der Waals surface area (Å²) in [5.74, 6) is -0.204. The molecule has 2 aliphatic rings. The van der Waals surface area contributed by atoms with E-state index in [0.29, 0.717) is 25.2 Å². The zero-order chi connectivity index (χ0) is 25.0. The molecule has 0 aromatic heterocycles. The van der Waals surface area contributed by atoms with Gasteiger partial charge in [-0.25, -0.2) is 8.42 Å². The molecule has 0 atom stereocenters. The summed E-state index contributed by atoms with van der Waals surface area (Å²) in [4.78, 5) is 30.5. The van der Waals surface area contributed by atoms with Gasteiger partial charge < -0.3 is 14.7 Å². The van der Waals surface area contributed by atoms with Crippen LogP contribution in [0.4, 0.5) is 5.69 Å². The number of carbonyl (C=O) groups excluding carboxylic acids is 2. The minimum atomic E-state index is -3.68. The zero-order valence-electron chi connectivity index (χ0n) is 20.5. The molecule has 2 aliphatic heterocycles. The number of para-hydroxylation sites is 1. The first-order chi connectivity index (χ1) is 16.8. The van der Waals surface area contributed by atoms with Gasteiger partial charge in [0.15, 0.2) is 0 Å². The van der Waals surface area contributed by atoms with Crippen molar-refractivity contribution < 1.29 is 18.0 Å². The first kappa shape index (κ1) is 25.2. The molecule has 0 saturated carbocycles. The van der Waals surface area contributed by atoms with Gasteiger partial charge in [-0.3, -0.25) is 9.59 Å². The average Bonchev–Trinajstić information content (AvgIpc) is 2.89. The Hall–Kier alpha value is -2.91. The lowest BCUT2D eigenvalue weighted by molar-refractivity contribution is -0.129. The minimum Gasteiger partial charge on any atom is -0.371 e. The van der Waals surface area contributed by atoms with E-state index in [9.17, 15) is 18.0 Å². The molecular formula is C26H34N4O4S. The minimum absolute atomic E-state index is 0.0485. The number of piperidine rings is 1. The molecule has 2 amide bonds. The lowest BCUT2D eigenvalue weighted by Crippen LogP contribution is -2.49. The van der Waals surface area contributed by atoms with Gasteiger partial charge in [0.1, 0.15) is 0 Å². The summed E-state index contributed by atoms with van der Waals surface area (Å²) in [5.41, 5.74) is 2.73. The third-order valence-corrected chi connectivity index (χ3v) is 8.78. The molecule has 0 bridgehead atoms. The van der Waals surface area contributed by atoms with Crippen LogP contribution < -0.4 is 4.90 Å². The highest BCUT2D eigenvalue weighted by atomic mass is 32.2. The van der Waals surface area contributed by atoms with E-state index < -0.39 is 10.0 Å². The fourth-order valence-electron chi connectivity index (χ4n) is 4.80. The summed E-state index contributed by atoms with van der Waals surface area (Å²) in [5, 5.41) is 0. The second-order valence-corrected chi connectivity index (χ2v) is 11.2. The second-order valence-electron chi connectivity index (χ2n) is 9.27. The molecule has 9 heteroatoms. The van der Waals surface area contributed by atoms with E-state index in [2.05, 4.69) is 17.0 Å². The third-order valence-electron chi connectivity index (χ3n) is 6.87. The molecule has 4 rings (SSSR count). The van der Waals surface area contributed by atoms with Crippen molar-refractivity contribution in [1.82, 2.24) is 14.1 Å². The molecule has 0 unspecified atom stereocenters. The van der Waals surface area contributed by atoms with E-state index in [-0.39, 0.29) is 29.8 Å². The fraction of sp³-hybridized carbons (Fsp3) is 0.462. The molecule has 0 spiro atoms. The van der Waals surface area contributed by atoms with E-state index in [4.69, 9.17) is 0 Å². The van der Waals surface area contributed by atoms with Crippen LogP contribution in [-0.2, 0) is 21.4 Å². The maximum absolute atomic E-state index is 13.1. The van der Waals surface area contributed by atoms with E-state index in [0.717, 1.165) is 18.7 Å². The zero-order valence-corrected chi connectivity index (χ0v) is 21.3. The lowest BCUT2D eigenvalue weighted by atomic mass is 10.1. The van der Waals surface area contributed by atoms with Crippen molar-refractivity contribution in [3.63, 3.8) is 0 Å². The molecule has 8 nitrogen and oxygen atoms in total. The highest BCUT2D eigenvalue weighted by Gasteiger charge is 2.29. The van der Waals surface area contributed by atoms with E-state index in [1.165, 1.54) is 48.3 Å². The molecule has 2 aromatic carbocycles. The number of hydrogen-bond acceptors (Lipinski definition) is 5. The lowest BCUT2D eigenvalue weighted by Gasteiger charge is -2.33. The van der Waals surface area contributed by atoms with Gasteiger partial charge in [-0.05, 0) is 55.2 Å². The van der Waals surface area contributed by atoms with Crippen molar-refractivity contribution in [2.24, 2.45) is 0 Å². The smallest absolute Gasteiger partial charge is 0.253 e. The van der Waals surface area contributed by atoms with Crippen molar-refractivity contribution in [2.45, 2.75) is 37.6 Å². The second kappa shape index (κ2) is 10.8. The van der Waals surface area contributed by atoms with Crippen LogP contribution in [0.15, 0.2) is 53.4 Å². The molecular weight excluding hydrogens is 464 g/mol. The van der Waals surface area contributed by atoms with Crippen LogP contribution in [-0.4, -0.2) is 80.7 Å². The topological polar surface area (TPSA) is 81.2 Å². The van der Waals surface area contributed by atoms with Gasteiger partial charge in [0, 0.05) is 71.0 Å². The Morgan fingerprint density at radius 1 is 0.857 bits per heavy atom. The normalized spacial score (nSPS) is 17.3. The summed E-state index contributed by atoms with van der Waals surface area (Å²) in [7, 11) is -1.90. The molecule has 0 radical (unpaired) electrons. The third kappa shape index (κ3) is 5.67.